The van der Waals surface area contributed by atoms with Crippen LogP contribution in [0.25, 0.3) is 0 Å². The lowest BCUT2D eigenvalue weighted by atomic mass is 9.63. The van der Waals surface area contributed by atoms with E-state index < -0.39 is 0 Å². The van der Waals surface area contributed by atoms with E-state index in [1.165, 1.54) is 42.4 Å². The number of ketones is 1. The van der Waals surface area contributed by atoms with Crippen molar-refractivity contribution in [3.05, 3.63) is 64.0 Å². The minimum absolute atomic E-state index is 0.0601. The van der Waals surface area contributed by atoms with Crippen LogP contribution in [0.3, 0.4) is 0 Å². The molecule has 25 heavy (non-hydrogen) atoms. The van der Waals surface area contributed by atoms with Gasteiger partial charge in [0.15, 0.2) is 5.78 Å². The Kier molecular flexibility index (Phi) is 3.28. The maximum absolute atomic E-state index is 13.3. The Labute approximate surface area is 148 Å². The highest BCUT2D eigenvalue weighted by Gasteiger charge is 2.46. The third-order valence-corrected chi connectivity index (χ3v) is 6.63. The minimum atomic E-state index is 0.0601. The van der Waals surface area contributed by atoms with Crippen LogP contribution in [0.2, 0.25) is 0 Å². The number of aromatic amines is 1. The van der Waals surface area contributed by atoms with Gasteiger partial charge in [0.2, 0.25) is 0 Å². The number of hydrogen-bond acceptors (Lipinski definition) is 2. The Morgan fingerprint density at radius 2 is 1.88 bits per heavy atom. The Bertz CT molecular complexity index is 869. The summed E-state index contributed by atoms with van der Waals surface area (Å²) in [5.41, 5.74) is 7.40. The van der Waals surface area contributed by atoms with Gasteiger partial charge < -0.3 is 0 Å². The number of carbonyl (C=O) groups excluding carboxylic acids is 1. The summed E-state index contributed by atoms with van der Waals surface area (Å²) >= 11 is 0. The van der Waals surface area contributed by atoms with E-state index in [1.54, 1.807) is 0 Å². The second kappa shape index (κ2) is 5.42. The molecule has 0 aliphatic heterocycles. The summed E-state index contributed by atoms with van der Waals surface area (Å²) in [5.74, 6) is 0.452. The minimum Gasteiger partial charge on any atom is -0.294 e. The normalized spacial score (nSPS) is 24.5. The van der Waals surface area contributed by atoms with Gasteiger partial charge >= 0.3 is 0 Å². The molecule has 5 rings (SSSR count). The van der Waals surface area contributed by atoms with E-state index in [9.17, 15) is 4.79 Å². The highest BCUT2D eigenvalue weighted by atomic mass is 16.1. The Morgan fingerprint density at radius 3 is 2.64 bits per heavy atom. The maximum atomic E-state index is 13.3. The van der Waals surface area contributed by atoms with Crippen molar-refractivity contribution in [3.8, 4) is 0 Å². The molecule has 1 fully saturated rings. The van der Waals surface area contributed by atoms with Crippen LogP contribution >= 0.6 is 0 Å². The Balaban J connectivity index is 1.68. The summed E-state index contributed by atoms with van der Waals surface area (Å²) in [5, 5.41) is 7.77. The van der Waals surface area contributed by atoms with Gasteiger partial charge in [0.25, 0.3) is 0 Å². The van der Waals surface area contributed by atoms with Gasteiger partial charge in [-0.25, -0.2) is 0 Å². The number of rotatable bonds is 1. The van der Waals surface area contributed by atoms with Gasteiger partial charge in [-0.1, -0.05) is 48.7 Å². The molecule has 1 unspecified atom stereocenters. The lowest BCUT2D eigenvalue weighted by molar-refractivity contribution is -0.118. The van der Waals surface area contributed by atoms with Crippen molar-refractivity contribution < 1.29 is 4.79 Å². The summed E-state index contributed by atoms with van der Waals surface area (Å²) in [6, 6.07) is 10.5. The third-order valence-electron chi connectivity index (χ3n) is 6.63. The zero-order chi connectivity index (χ0) is 17.0. The molecular formula is C22H24N2O. The second-order valence-corrected chi connectivity index (χ2v) is 8.23. The zero-order valence-corrected chi connectivity index (χ0v) is 14.8. The van der Waals surface area contributed by atoms with Crippen LogP contribution in [0.15, 0.2) is 41.5 Å². The van der Waals surface area contributed by atoms with Crippen LogP contribution in [0, 0.1) is 12.3 Å². The molecule has 1 heterocycles. The molecular weight excluding hydrogens is 308 g/mol. The van der Waals surface area contributed by atoms with Gasteiger partial charge in [-0.2, -0.15) is 5.10 Å². The van der Waals surface area contributed by atoms with Crippen LogP contribution in [0.1, 0.15) is 67.0 Å². The van der Waals surface area contributed by atoms with Crippen LogP contribution in [-0.2, 0) is 11.2 Å². The number of fused-ring (bicyclic) bond motifs is 1. The molecule has 3 nitrogen and oxygen atoms in total. The number of aromatic nitrogens is 2. The van der Waals surface area contributed by atoms with E-state index in [1.807, 2.05) is 6.07 Å². The number of aryl methyl sites for hydroxylation is 1. The fourth-order valence-corrected chi connectivity index (χ4v) is 5.58. The summed E-state index contributed by atoms with van der Waals surface area (Å²) < 4.78 is 0. The number of nitrogens with one attached hydrogen (secondary N) is 1. The fraction of sp³-hybridized carbons (Fsp3) is 0.455. The summed E-state index contributed by atoms with van der Waals surface area (Å²) in [6.45, 7) is 2.08. The largest absolute Gasteiger partial charge is 0.294 e. The van der Waals surface area contributed by atoms with Gasteiger partial charge in [-0.15, -0.1) is 0 Å². The van der Waals surface area contributed by atoms with Crippen molar-refractivity contribution in [2.24, 2.45) is 5.41 Å². The molecule has 3 aliphatic carbocycles. The molecule has 0 radical (unpaired) electrons. The predicted molar refractivity (Wildman–Crippen MR) is 97.5 cm³/mol. The highest BCUT2D eigenvalue weighted by Crippen LogP contribution is 2.54. The van der Waals surface area contributed by atoms with E-state index in [0.717, 1.165) is 36.2 Å². The summed E-state index contributed by atoms with van der Waals surface area (Å²) in [6.07, 6.45) is 7.71. The first kappa shape index (κ1) is 15.1. The van der Waals surface area contributed by atoms with Gasteiger partial charge in [-0.05, 0) is 37.2 Å². The molecule has 0 bridgehead atoms. The molecule has 1 N–H and O–H groups in total. The number of allylic oxidation sites excluding steroid dienone is 2. The van der Waals surface area contributed by atoms with Crippen molar-refractivity contribution in [1.29, 1.82) is 0 Å². The monoisotopic (exact) mass is 332 g/mol. The standard InChI is InChI=1S/C22H24N2O/c1-14-19-17(24-23-14)11-16-12-22(9-5-6-10-22)13-18(25)20(16)21(19)15-7-3-2-4-8-15/h2-4,7-8,21H,5-6,9-13H2,1H3,(H,23,24). The molecule has 1 spiro atoms. The third kappa shape index (κ3) is 2.25. The molecule has 0 amide bonds. The summed E-state index contributed by atoms with van der Waals surface area (Å²) in [7, 11) is 0. The van der Waals surface area contributed by atoms with Crippen LogP contribution in [0.4, 0.5) is 0 Å². The lowest BCUT2D eigenvalue weighted by Crippen LogP contribution is -2.33. The second-order valence-electron chi connectivity index (χ2n) is 8.23. The molecule has 1 saturated carbocycles. The van der Waals surface area contributed by atoms with E-state index in [0.29, 0.717) is 5.78 Å². The number of hydrogen-bond donors (Lipinski definition) is 1. The first-order chi connectivity index (χ1) is 12.2. The first-order valence-electron chi connectivity index (χ1n) is 9.51. The number of H-pyrrole nitrogens is 1. The summed E-state index contributed by atoms with van der Waals surface area (Å²) in [4.78, 5) is 13.3. The predicted octanol–water partition coefficient (Wildman–Crippen LogP) is 4.63. The molecule has 1 atom stereocenters. The highest BCUT2D eigenvalue weighted by molar-refractivity contribution is 6.00. The topological polar surface area (TPSA) is 45.8 Å². The molecule has 3 heteroatoms. The van der Waals surface area contributed by atoms with Crippen molar-refractivity contribution in [3.63, 3.8) is 0 Å². The van der Waals surface area contributed by atoms with Gasteiger partial charge in [0, 0.05) is 35.6 Å². The average molecular weight is 332 g/mol. The number of carbonyl (C=O) groups is 1. The van der Waals surface area contributed by atoms with Crippen LogP contribution in [-0.4, -0.2) is 16.0 Å². The van der Waals surface area contributed by atoms with E-state index in [2.05, 4.69) is 41.4 Å². The Hall–Kier alpha value is -2.16. The molecule has 128 valence electrons. The Morgan fingerprint density at radius 1 is 1.12 bits per heavy atom. The fourth-order valence-electron chi connectivity index (χ4n) is 5.58. The molecule has 0 saturated heterocycles. The van der Waals surface area contributed by atoms with Crippen molar-refractivity contribution in [2.45, 2.75) is 57.8 Å². The van der Waals surface area contributed by atoms with E-state index >= 15 is 0 Å². The molecule has 3 aliphatic rings. The lowest BCUT2D eigenvalue weighted by Gasteiger charge is -2.40. The first-order valence-corrected chi connectivity index (χ1v) is 9.51. The molecule has 2 aromatic rings. The average Bonchev–Trinajstić information content (AvgIpc) is 3.21. The zero-order valence-electron chi connectivity index (χ0n) is 14.8. The van der Waals surface area contributed by atoms with Crippen LogP contribution in [0.5, 0.6) is 0 Å². The van der Waals surface area contributed by atoms with Gasteiger partial charge in [-0.3, -0.25) is 9.89 Å². The van der Waals surface area contributed by atoms with Crippen LogP contribution < -0.4 is 0 Å². The quantitative estimate of drug-likeness (QED) is 0.828. The van der Waals surface area contributed by atoms with E-state index in [-0.39, 0.29) is 11.3 Å². The van der Waals surface area contributed by atoms with Gasteiger partial charge in [0.05, 0.1) is 5.69 Å². The van der Waals surface area contributed by atoms with E-state index in [4.69, 9.17) is 0 Å². The number of benzene rings is 1. The number of Topliss-reactive ketones (excluding diaryl/α,β-unsaturated/α-hetero) is 1. The maximum Gasteiger partial charge on any atom is 0.160 e. The number of nitrogens with zero attached hydrogens (tertiary/aromatic N) is 1. The van der Waals surface area contributed by atoms with Crippen molar-refractivity contribution in [2.75, 3.05) is 0 Å². The SMILES string of the molecule is Cc1[nH]nc2c1C(c1ccccc1)C1=C(C2)CC2(CCCC2)CC1=O. The smallest absolute Gasteiger partial charge is 0.160 e. The van der Waals surface area contributed by atoms with Crippen molar-refractivity contribution >= 4 is 5.78 Å². The molecule has 1 aromatic carbocycles. The van der Waals surface area contributed by atoms with Gasteiger partial charge in [0.1, 0.15) is 0 Å². The molecule has 1 aromatic heterocycles. The van der Waals surface area contributed by atoms with Crippen molar-refractivity contribution in [1.82, 2.24) is 10.2 Å².